The van der Waals surface area contributed by atoms with Crippen molar-refractivity contribution in [2.45, 2.75) is 26.8 Å². The third kappa shape index (κ3) is 6.27. The Morgan fingerprint density at radius 3 is 2.59 bits per heavy atom. The number of amides is 1. The third-order valence-corrected chi connectivity index (χ3v) is 5.86. The molecule has 1 atom stereocenters. The highest BCUT2D eigenvalue weighted by atomic mass is 79.9. The number of carbonyl (C=O) groups is 1. The largest absolute Gasteiger partial charge is 0.396 e. The van der Waals surface area contributed by atoms with Gasteiger partial charge in [-0.25, -0.2) is 4.98 Å². The molecule has 0 aliphatic rings. The van der Waals surface area contributed by atoms with Crippen LogP contribution in [0.4, 0.5) is 11.5 Å². The molecule has 0 fully saturated rings. The molecule has 172 valence electrons. The van der Waals surface area contributed by atoms with Crippen molar-refractivity contribution < 1.29 is 9.90 Å². The van der Waals surface area contributed by atoms with Gasteiger partial charge in [0.1, 0.15) is 5.82 Å². The maximum absolute atomic E-state index is 11.9. The van der Waals surface area contributed by atoms with Gasteiger partial charge in [0.25, 0.3) is 0 Å². The molecule has 9 heteroatoms. The summed E-state index contributed by atoms with van der Waals surface area (Å²) in [5, 5.41) is 20.5. The van der Waals surface area contributed by atoms with Crippen LogP contribution in [0.5, 0.6) is 0 Å². The van der Waals surface area contributed by atoms with E-state index in [1.165, 1.54) is 0 Å². The summed E-state index contributed by atoms with van der Waals surface area (Å²) < 4.78 is 2.59. The summed E-state index contributed by atoms with van der Waals surface area (Å²) in [5.41, 5.74) is 3.50. The molecular formula is C23H31BrN6O2. The van der Waals surface area contributed by atoms with Gasteiger partial charge in [-0.3, -0.25) is 4.79 Å². The van der Waals surface area contributed by atoms with Crippen molar-refractivity contribution >= 4 is 39.0 Å². The molecule has 8 nitrogen and oxygen atoms in total. The minimum Gasteiger partial charge on any atom is -0.396 e. The van der Waals surface area contributed by atoms with Crippen LogP contribution in [0, 0.1) is 11.8 Å². The van der Waals surface area contributed by atoms with Crippen LogP contribution >= 0.6 is 15.9 Å². The van der Waals surface area contributed by atoms with Crippen molar-refractivity contribution in [3.63, 3.8) is 0 Å². The first-order chi connectivity index (χ1) is 15.3. The highest BCUT2D eigenvalue weighted by molar-refractivity contribution is 9.10. The number of nitrogens with one attached hydrogen (secondary N) is 2. The standard InChI is InChI=1S/C23H31BrN6O2/c1-15(2)17(14-31)9-19-10-21(30-23(28-19)20(24)12-26-30)25-11-16-5-7-18(8-6-16)27-22(32)13-29(3)4/h5-8,10,12,15,17,25,31H,9,11,13-14H2,1-4H3,(H,27,32)/t17-/m0/s1. The van der Waals surface area contributed by atoms with E-state index < -0.39 is 0 Å². The van der Waals surface area contributed by atoms with Crippen molar-refractivity contribution in [1.29, 1.82) is 0 Å². The van der Waals surface area contributed by atoms with Gasteiger partial charge in [-0.2, -0.15) is 9.61 Å². The van der Waals surface area contributed by atoms with Crippen molar-refractivity contribution in [2.75, 3.05) is 37.9 Å². The number of benzene rings is 1. The van der Waals surface area contributed by atoms with E-state index in [0.717, 1.165) is 32.9 Å². The molecule has 0 radical (unpaired) electrons. The number of halogens is 1. The fourth-order valence-electron chi connectivity index (χ4n) is 3.38. The molecule has 0 unspecified atom stereocenters. The summed E-state index contributed by atoms with van der Waals surface area (Å²) in [7, 11) is 3.72. The van der Waals surface area contributed by atoms with Gasteiger partial charge in [0.2, 0.25) is 5.91 Å². The highest BCUT2D eigenvalue weighted by Crippen LogP contribution is 2.24. The Hall–Kier alpha value is -2.49. The second kappa shape index (κ2) is 10.9. The monoisotopic (exact) mass is 502 g/mol. The SMILES string of the molecule is CC(C)[C@H](CO)Cc1cc(NCc2ccc(NC(=O)CN(C)C)cc2)n2ncc(Br)c2n1. The second-order valence-electron chi connectivity index (χ2n) is 8.59. The van der Waals surface area contributed by atoms with Crippen LogP contribution in [0.15, 0.2) is 41.0 Å². The fraction of sp³-hybridized carbons (Fsp3) is 0.435. The number of anilines is 2. The molecule has 3 rings (SSSR count). The van der Waals surface area contributed by atoms with Crippen LogP contribution in [0.2, 0.25) is 0 Å². The topological polar surface area (TPSA) is 94.8 Å². The van der Waals surface area contributed by atoms with Gasteiger partial charge in [-0.15, -0.1) is 0 Å². The number of aromatic nitrogens is 3. The Morgan fingerprint density at radius 1 is 1.25 bits per heavy atom. The summed E-state index contributed by atoms with van der Waals surface area (Å²) in [6.07, 6.45) is 2.42. The lowest BCUT2D eigenvalue weighted by Gasteiger charge is -2.18. The molecule has 0 saturated heterocycles. The molecule has 2 heterocycles. The van der Waals surface area contributed by atoms with Crippen LogP contribution in [0.25, 0.3) is 5.65 Å². The Balaban J connectivity index is 1.73. The van der Waals surface area contributed by atoms with Gasteiger partial charge in [0.15, 0.2) is 5.65 Å². The molecule has 2 aromatic heterocycles. The first-order valence-electron chi connectivity index (χ1n) is 10.7. The zero-order valence-corrected chi connectivity index (χ0v) is 20.6. The summed E-state index contributed by atoms with van der Waals surface area (Å²) in [6, 6.07) is 9.76. The molecule has 0 spiro atoms. The summed E-state index contributed by atoms with van der Waals surface area (Å²) in [6.45, 7) is 5.29. The molecular weight excluding hydrogens is 472 g/mol. The number of likely N-dealkylation sites (N-methyl/N-ethyl adjacent to an activating group) is 1. The zero-order chi connectivity index (χ0) is 23.3. The van der Waals surface area contributed by atoms with E-state index in [1.54, 1.807) is 10.7 Å². The number of hydrogen-bond acceptors (Lipinski definition) is 6. The van der Waals surface area contributed by atoms with Crippen molar-refractivity contribution in [2.24, 2.45) is 11.8 Å². The number of fused-ring (bicyclic) bond motifs is 1. The summed E-state index contributed by atoms with van der Waals surface area (Å²) >= 11 is 3.53. The van der Waals surface area contributed by atoms with Gasteiger partial charge in [-0.05, 0) is 66.0 Å². The normalized spacial score (nSPS) is 12.5. The predicted molar refractivity (Wildman–Crippen MR) is 131 cm³/mol. The minimum atomic E-state index is -0.0422. The van der Waals surface area contributed by atoms with Gasteiger partial charge >= 0.3 is 0 Å². The molecule has 0 aliphatic carbocycles. The Morgan fingerprint density at radius 2 is 1.97 bits per heavy atom. The molecule has 1 aromatic carbocycles. The van der Waals surface area contributed by atoms with Gasteiger partial charge in [0, 0.05) is 30.6 Å². The van der Waals surface area contributed by atoms with Crippen molar-refractivity contribution in [1.82, 2.24) is 19.5 Å². The Bertz CT molecular complexity index is 1050. The maximum atomic E-state index is 11.9. The lowest BCUT2D eigenvalue weighted by atomic mass is 9.92. The second-order valence-corrected chi connectivity index (χ2v) is 9.44. The molecule has 0 aliphatic heterocycles. The zero-order valence-electron chi connectivity index (χ0n) is 19.0. The number of nitrogens with zero attached hydrogens (tertiary/aromatic N) is 4. The van der Waals surface area contributed by atoms with Crippen molar-refractivity contribution in [3.05, 3.63) is 52.3 Å². The van der Waals surface area contributed by atoms with Crippen LogP contribution < -0.4 is 10.6 Å². The van der Waals surface area contributed by atoms with E-state index in [9.17, 15) is 9.90 Å². The molecule has 0 saturated carbocycles. The fourth-order valence-corrected chi connectivity index (χ4v) is 3.73. The smallest absolute Gasteiger partial charge is 0.238 e. The van der Waals surface area contributed by atoms with Crippen LogP contribution in [-0.4, -0.2) is 57.8 Å². The van der Waals surface area contributed by atoms with Crippen LogP contribution in [0.3, 0.4) is 0 Å². The molecule has 3 aromatic rings. The van der Waals surface area contributed by atoms with E-state index in [0.29, 0.717) is 25.4 Å². The third-order valence-electron chi connectivity index (χ3n) is 5.30. The highest BCUT2D eigenvalue weighted by Gasteiger charge is 2.17. The number of carbonyl (C=O) groups excluding carboxylic acids is 1. The molecule has 1 amide bonds. The lowest BCUT2D eigenvalue weighted by molar-refractivity contribution is -0.116. The average molecular weight is 503 g/mol. The quantitative estimate of drug-likeness (QED) is 0.393. The Labute approximate surface area is 197 Å². The Kier molecular flexibility index (Phi) is 8.22. The predicted octanol–water partition coefficient (Wildman–Crippen LogP) is 3.41. The maximum Gasteiger partial charge on any atom is 0.238 e. The first-order valence-corrected chi connectivity index (χ1v) is 11.5. The van der Waals surface area contributed by atoms with E-state index in [2.05, 4.69) is 45.5 Å². The lowest BCUT2D eigenvalue weighted by Crippen LogP contribution is -2.27. The number of aliphatic hydroxyl groups excluding tert-OH is 1. The van der Waals surface area contributed by atoms with Gasteiger partial charge in [0.05, 0.1) is 17.2 Å². The van der Waals surface area contributed by atoms with Crippen LogP contribution in [0.1, 0.15) is 25.1 Å². The minimum absolute atomic E-state index is 0.0422. The first kappa shape index (κ1) is 24.2. The van der Waals surface area contributed by atoms with E-state index in [4.69, 9.17) is 4.98 Å². The van der Waals surface area contributed by atoms with Crippen LogP contribution in [-0.2, 0) is 17.8 Å². The summed E-state index contributed by atoms with van der Waals surface area (Å²) in [4.78, 5) is 18.5. The number of rotatable bonds is 10. The van der Waals surface area contributed by atoms with Gasteiger partial charge < -0.3 is 20.6 Å². The number of hydrogen-bond donors (Lipinski definition) is 3. The van der Waals surface area contributed by atoms with Gasteiger partial charge in [-0.1, -0.05) is 26.0 Å². The summed E-state index contributed by atoms with van der Waals surface area (Å²) in [5.74, 6) is 1.30. The molecule has 0 bridgehead atoms. The van der Waals surface area contributed by atoms with E-state index >= 15 is 0 Å². The molecule has 32 heavy (non-hydrogen) atoms. The number of aliphatic hydroxyl groups is 1. The average Bonchev–Trinajstić information content (AvgIpc) is 3.11. The van der Waals surface area contributed by atoms with Crippen molar-refractivity contribution in [3.8, 4) is 0 Å². The molecule has 3 N–H and O–H groups in total. The van der Waals surface area contributed by atoms with E-state index in [-0.39, 0.29) is 18.4 Å². The van der Waals surface area contributed by atoms with E-state index in [1.807, 2.05) is 49.3 Å².